The molecular formula is C94H194N4O6. The second-order valence-corrected chi connectivity index (χ2v) is 34.3. The Morgan fingerprint density at radius 1 is 0.135 bits per heavy atom. The van der Waals surface area contributed by atoms with Crippen LogP contribution in [0.3, 0.4) is 0 Å². The van der Waals surface area contributed by atoms with Crippen LogP contribution in [-0.2, 0) is 0 Å². The zero-order valence-electron chi connectivity index (χ0n) is 71.9. The molecule has 0 rings (SSSR count). The van der Waals surface area contributed by atoms with Crippen LogP contribution >= 0.6 is 0 Å². The van der Waals surface area contributed by atoms with Gasteiger partial charge in [0.1, 0.15) is 0 Å². The Morgan fingerprint density at radius 3 is 0.404 bits per heavy atom. The summed E-state index contributed by atoms with van der Waals surface area (Å²) in [7, 11) is 0. The largest absolute Gasteiger partial charge is 0.392 e. The summed E-state index contributed by atoms with van der Waals surface area (Å²) in [4.78, 5) is 9.87. The van der Waals surface area contributed by atoms with Crippen molar-refractivity contribution in [2.75, 3.05) is 78.5 Å². The smallest absolute Gasteiger partial charge is 0.0667 e. The van der Waals surface area contributed by atoms with Crippen molar-refractivity contribution < 1.29 is 30.6 Å². The van der Waals surface area contributed by atoms with Gasteiger partial charge in [0.15, 0.2) is 0 Å². The predicted molar refractivity (Wildman–Crippen MR) is 459 cm³/mol. The molecule has 10 nitrogen and oxygen atoms in total. The van der Waals surface area contributed by atoms with E-state index in [4.69, 9.17) is 0 Å². The van der Waals surface area contributed by atoms with Gasteiger partial charge in [0, 0.05) is 39.3 Å². The lowest BCUT2D eigenvalue weighted by Gasteiger charge is -2.31. The van der Waals surface area contributed by atoms with Crippen LogP contribution in [0.1, 0.15) is 491 Å². The van der Waals surface area contributed by atoms with Crippen molar-refractivity contribution in [1.82, 2.24) is 19.6 Å². The first kappa shape index (κ1) is 104. The predicted octanol–water partition coefficient (Wildman–Crippen LogP) is 25.8. The lowest BCUT2D eigenvalue weighted by molar-refractivity contribution is 0.0545. The number of rotatable bonds is 91. The quantitative estimate of drug-likeness (QED) is 0.0327. The lowest BCUT2D eigenvalue weighted by atomic mass is 10.0. The summed E-state index contributed by atoms with van der Waals surface area (Å²) in [5.41, 5.74) is 0. The van der Waals surface area contributed by atoms with Crippen molar-refractivity contribution in [3.05, 3.63) is 0 Å². The second-order valence-electron chi connectivity index (χ2n) is 34.3. The van der Waals surface area contributed by atoms with Crippen LogP contribution in [0.2, 0.25) is 0 Å². The van der Waals surface area contributed by atoms with E-state index in [1.165, 1.54) is 347 Å². The molecule has 0 aromatic carbocycles. The molecule has 0 saturated carbocycles. The Morgan fingerprint density at radius 2 is 0.250 bits per heavy atom. The van der Waals surface area contributed by atoms with Gasteiger partial charge < -0.3 is 40.4 Å². The molecule has 104 heavy (non-hydrogen) atoms. The van der Waals surface area contributed by atoms with Crippen molar-refractivity contribution in [1.29, 1.82) is 0 Å². The molecule has 0 aliphatic rings. The molecule has 10 heteroatoms. The van der Waals surface area contributed by atoms with Crippen molar-refractivity contribution in [3.63, 3.8) is 0 Å². The fourth-order valence-electron chi connectivity index (χ4n) is 16.4. The highest BCUT2D eigenvalue weighted by molar-refractivity contribution is 4.76. The van der Waals surface area contributed by atoms with Crippen molar-refractivity contribution >= 4 is 0 Å². The summed E-state index contributed by atoms with van der Waals surface area (Å²) in [5.74, 6) is 0. The zero-order valence-corrected chi connectivity index (χ0v) is 71.9. The third-order valence-corrected chi connectivity index (χ3v) is 23.3. The van der Waals surface area contributed by atoms with E-state index in [9.17, 15) is 30.6 Å². The average Bonchev–Trinajstić information content (AvgIpc) is 0.980. The van der Waals surface area contributed by atoms with Gasteiger partial charge in [0.2, 0.25) is 0 Å². The molecule has 0 aliphatic carbocycles. The minimum atomic E-state index is -0.386. The van der Waals surface area contributed by atoms with E-state index in [0.717, 1.165) is 142 Å². The number of unbranched alkanes of at least 4 members (excludes halogenated alkanes) is 55. The van der Waals surface area contributed by atoms with Crippen LogP contribution in [0, 0.1) is 0 Å². The van der Waals surface area contributed by atoms with Crippen LogP contribution in [0.5, 0.6) is 0 Å². The fraction of sp³-hybridized carbons (Fsp3) is 1.00. The van der Waals surface area contributed by atoms with Gasteiger partial charge in [-0.05, 0) is 103 Å². The van der Waals surface area contributed by atoms with Crippen LogP contribution in [0.4, 0.5) is 0 Å². The highest BCUT2D eigenvalue weighted by Crippen LogP contribution is 2.21. The number of aliphatic hydroxyl groups excluding tert-OH is 6. The molecular weight excluding hydrogens is 1280 g/mol. The van der Waals surface area contributed by atoms with Crippen LogP contribution in [-0.4, -0.2) is 165 Å². The Kier molecular flexibility index (Phi) is 84.7. The van der Waals surface area contributed by atoms with Gasteiger partial charge >= 0.3 is 0 Å². The van der Waals surface area contributed by atoms with Crippen LogP contribution < -0.4 is 0 Å². The molecule has 626 valence electrons. The Labute approximate surface area is 652 Å². The molecule has 0 fully saturated rings. The minimum absolute atomic E-state index is 0.354. The average molecular weight is 1480 g/mol. The maximum absolute atomic E-state index is 11.8. The van der Waals surface area contributed by atoms with Crippen LogP contribution in [0.15, 0.2) is 0 Å². The van der Waals surface area contributed by atoms with Crippen molar-refractivity contribution in [2.24, 2.45) is 0 Å². The topological polar surface area (TPSA) is 134 Å². The number of nitrogens with zero attached hydrogens (tertiary/aromatic N) is 4. The van der Waals surface area contributed by atoms with Crippen LogP contribution in [0.25, 0.3) is 0 Å². The first-order valence-electron chi connectivity index (χ1n) is 48.0. The molecule has 0 spiro atoms. The molecule has 6 atom stereocenters. The van der Waals surface area contributed by atoms with Gasteiger partial charge in [-0.15, -0.1) is 0 Å². The molecule has 0 bridgehead atoms. The molecule has 6 unspecified atom stereocenters. The Bertz CT molecular complexity index is 1410. The summed E-state index contributed by atoms with van der Waals surface area (Å²) in [5, 5.41) is 69.9. The number of hydrogen-bond acceptors (Lipinski definition) is 10. The van der Waals surface area contributed by atoms with Gasteiger partial charge in [-0.3, -0.25) is 9.80 Å². The van der Waals surface area contributed by atoms with E-state index in [1.807, 2.05) is 0 Å². The van der Waals surface area contributed by atoms with Gasteiger partial charge in [0.05, 0.1) is 36.6 Å². The first-order valence-corrected chi connectivity index (χ1v) is 48.0. The monoisotopic (exact) mass is 1480 g/mol. The highest BCUT2D eigenvalue weighted by atomic mass is 16.3. The Hall–Kier alpha value is -0.400. The van der Waals surface area contributed by atoms with E-state index in [0.29, 0.717) is 39.3 Å². The van der Waals surface area contributed by atoms with Crippen molar-refractivity contribution in [3.8, 4) is 0 Å². The second kappa shape index (κ2) is 85.0. The number of aliphatic hydroxyl groups is 6. The molecule has 6 N–H and O–H groups in total. The highest BCUT2D eigenvalue weighted by Gasteiger charge is 2.21. The van der Waals surface area contributed by atoms with Gasteiger partial charge in [0.25, 0.3) is 0 Å². The molecule has 0 saturated heterocycles. The molecule has 0 heterocycles. The third-order valence-electron chi connectivity index (χ3n) is 23.3. The van der Waals surface area contributed by atoms with Gasteiger partial charge in [-0.1, -0.05) is 427 Å². The van der Waals surface area contributed by atoms with E-state index in [1.54, 1.807) is 0 Å². The maximum Gasteiger partial charge on any atom is 0.0667 e. The normalized spacial score (nSPS) is 14.0. The lowest BCUT2D eigenvalue weighted by Crippen LogP contribution is -2.41. The SMILES string of the molecule is CCCCCCCCCCCCC(O)CN(CCCCN(CCCN(CC(O)CCCCCCCCCCCC)CC(O)CCCCCCCCCCCC)CC(O)CCCCCCCCCCCC)CCCN(CC(O)CCCCCCCCCCCC)CC(O)CCCCCCCCCCCC. The molecule has 0 aromatic rings. The number of hydrogen-bond donors (Lipinski definition) is 6. The van der Waals surface area contributed by atoms with Crippen molar-refractivity contribution in [2.45, 2.75) is 528 Å². The molecule has 0 radical (unpaired) electrons. The van der Waals surface area contributed by atoms with E-state index in [-0.39, 0.29) is 36.6 Å². The Balaban J connectivity index is 6.37. The van der Waals surface area contributed by atoms with E-state index < -0.39 is 0 Å². The minimum Gasteiger partial charge on any atom is -0.392 e. The molecule has 0 amide bonds. The first-order chi connectivity index (χ1) is 51.0. The standard InChI is InChI=1S/C94H194N4O6/c1-7-13-19-25-31-37-43-49-55-61-71-89(99)83-95(79-69-81-97(85-91(101)73-63-57-51-45-39-33-27-21-15-9-3)86-92(102)74-64-58-52-46-40-34-28-22-16-10-4)77-67-68-78-96(84-90(100)72-62-56-50-44-38-32-26-20-14-8-2)80-70-82-98(87-93(103)75-65-59-53-47-41-35-29-23-17-11-5)88-94(104)76-66-60-54-48-42-36-30-24-18-12-6/h89-94,99-104H,7-88H2,1-6H3. The van der Waals surface area contributed by atoms with E-state index >= 15 is 0 Å². The summed E-state index contributed by atoms with van der Waals surface area (Å²) < 4.78 is 0. The van der Waals surface area contributed by atoms with E-state index in [2.05, 4.69) is 61.1 Å². The summed E-state index contributed by atoms with van der Waals surface area (Å²) >= 11 is 0. The maximum atomic E-state index is 11.8. The summed E-state index contributed by atoms with van der Waals surface area (Å²) in [6, 6.07) is 0. The third kappa shape index (κ3) is 78.3. The zero-order chi connectivity index (χ0) is 75.8. The summed E-state index contributed by atoms with van der Waals surface area (Å²) in [6.45, 7) is 22.9. The molecule has 0 aliphatic heterocycles. The van der Waals surface area contributed by atoms with Gasteiger partial charge in [-0.25, -0.2) is 0 Å². The van der Waals surface area contributed by atoms with Gasteiger partial charge in [-0.2, -0.15) is 0 Å². The fourth-order valence-corrected chi connectivity index (χ4v) is 16.4. The molecule has 0 aromatic heterocycles. The summed E-state index contributed by atoms with van der Waals surface area (Å²) in [6.07, 6.45) is 84.3.